The van der Waals surface area contributed by atoms with Crippen LogP contribution in [-0.2, 0) is 9.59 Å². The number of ether oxygens (including phenoxy) is 1. The van der Waals surface area contributed by atoms with Gasteiger partial charge in [0.05, 0.1) is 12.8 Å². The molecule has 1 N–H and O–H groups in total. The first kappa shape index (κ1) is 11.7. The van der Waals surface area contributed by atoms with Crippen molar-refractivity contribution in [3.8, 4) is 5.75 Å². The third kappa shape index (κ3) is 4.60. The lowest BCUT2D eigenvalue weighted by Crippen LogP contribution is -2.10. The van der Waals surface area contributed by atoms with E-state index in [1.165, 1.54) is 0 Å². The molecule has 0 radical (unpaired) electrons. The Morgan fingerprint density at radius 2 is 2.07 bits per heavy atom. The molecule has 0 aliphatic heterocycles. The largest absolute Gasteiger partial charge is 0.481 e. The van der Waals surface area contributed by atoms with Crippen LogP contribution in [0.5, 0.6) is 5.75 Å². The lowest BCUT2D eigenvalue weighted by atomic mass is 10.3. The molecular weight excluding hydrogens is 264 g/mol. The number of esters is 1. The second-order valence-corrected chi connectivity index (χ2v) is 3.74. The molecule has 0 aliphatic carbocycles. The SMILES string of the molecule is O=C(O)CCC(=O)Oc1cccc(Br)c1. The van der Waals surface area contributed by atoms with Crippen LogP contribution < -0.4 is 4.74 Å². The van der Waals surface area contributed by atoms with E-state index in [4.69, 9.17) is 9.84 Å². The number of benzene rings is 1. The van der Waals surface area contributed by atoms with E-state index < -0.39 is 11.9 Å². The fourth-order valence-electron chi connectivity index (χ4n) is 0.922. The summed E-state index contributed by atoms with van der Waals surface area (Å²) in [5, 5.41) is 8.36. The molecule has 0 fully saturated rings. The highest BCUT2D eigenvalue weighted by molar-refractivity contribution is 9.10. The molecule has 0 atom stereocenters. The standard InChI is InChI=1S/C10H9BrO4/c11-7-2-1-3-8(6-7)15-10(14)5-4-9(12)13/h1-3,6H,4-5H2,(H,12,13). The summed E-state index contributed by atoms with van der Waals surface area (Å²) in [5.41, 5.74) is 0. The van der Waals surface area contributed by atoms with E-state index in [1.807, 2.05) is 0 Å². The summed E-state index contributed by atoms with van der Waals surface area (Å²) in [6.07, 6.45) is -0.339. The Labute approximate surface area is 95.0 Å². The number of aliphatic carboxylic acids is 1. The van der Waals surface area contributed by atoms with E-state index >= 15 is 0 Å². The van der Waals surface area contributed by atoms with E-state index in [0.29, 0.717) is 5.75 Å². The molecule has 80 valence electrons. The van der Waals surface area contributed by atoms with Gasteiger partial charge in [-0.25, -0.2) is 0 Å². The van der Waals surface area contributed by atoms with Crippen LogP contribution in [0.4, 0.5) is 0 Å². The van der Waals surface area contributed by atoms with Crippen LogP contribution in [-0.4, -0.2) is 17.0 Å². The molecule has 0 bridgehead atoms. The highest BCUT2D eigenvalue weighted by atomic mass is 79.9. The Kier molecular flexibility index (Phi) is 4.30. The van der Waals surface area contributed by atoms with Gasteiger partial charge in [-0.05, 0) is 18.2 Å². The molecular formula is C10H9BrO4. The van der Waals surface area contributed by atoms with Crippen molar-refractivity contribution in [2.75, 3.05) is 0 Å². The van der Waals surface area contributed by atoms with Crippen LogP contribution >= 0.6 is 15.9 Å². The van der Waals surface area contributed by atoms with Crippen molar-refractivity contribution < 1.29 is 19.4 Å². The van der Waals surface area contributed by atoms with Crippen molar-refractivity contribution >= 4 is 27.9 Å². The van der Waals surface area contributed by atoms with Crippen molar-refractivity contribution in [2.45, 2.75) is 12.8 Å². The maximum absolute atomic E-state index is 11.1. The Morgan fingerprint density at radius 3 is 2.67 bits per heavy atom. The van der Waals surface area contributed by atoms with E-state index in [1.54, 1.807) is 24.3 Å². The van der Waals surface area contributed by atoms with Crippen molar-refractivity contribution in [3.63, 3.8) is 0 Å². The van der Waals surface area contributed by atoms with Crippen LogP contribution in [0.1, 0.15) is 12.8 Å². The molecule has 1 aromatic rings. The van der Waals surface area contributed by atoms with Crippen LogP contribution in [0.2, 0.25) is 0 Å². The van der Waals surface area contributed by atoms with Gasteiger partial charge < -0.3 is 9.84 Å². The van der Waals surface area contributed by atoms with Crippen molar-refractivity contribution in [2.24, 2.45) is 0 Å². The van der Waals surface area contributed by atoms with Gasteiger partial charge in [-0.15, -0.1) is 0 Å². The molecule has 4 nitrogen and oxygen atoms in total. The maximum atomic E-state index is 11.1. The molecule has 0 unspecified atom stereocenters. The van der Waals surface area contributed by atoms with Crippen molar-refractivity contribution in [3.05, 3.63) is 28.7 Å². The number of carboxylic acid groups (broad SMARTS) is 1. The molecule has 1 aromatic carbocycles. The van der Waals surface area contributed by atoms with Gasteiger partial charge in [0.1, 0.15) is 5.75 Å². The monoisotopic (exact) mass is 272 g/mol. The van der Waals surface area contributed by atoms with Gasteiger partial charge in [-0.2, -0.15) is 0 Å². The second kappa shape index (κ2) is 5.50. The van der Waals surface area contributed by atoms with Crippen LogP contribution in [0.3, 0.4) is 0 Å². The van der Waals surface area contributed by atoms with Gasteiger partial charge in [0.25, 0.3) is 0 Å². The minimum Gasteiger partial charge on any atom is -0.481 e. The van der Waals surface area contributed by atoms with Gasteiger partial charge in [0.2, 0.25) is 0 Å². The number of carboxylic acids is 1. The van der Waals surface area contributed by atoms with Gasteiger partial charge in [0, 0.05) is 4.47 Å². The van der Waals surface area contributed by atoms with Crippen molar-refractivity contribution in [1.29, 1.82) is 0 Å². The molecule has 0 aromatic heterocycles. The van der Waals surface area contributed by atoms with Gasteiger partial charge in [-0.3, -0.25) is 9.59 Å². The number of hydrogen-bond donors (Lipinski definition) is 1. The number of hydrogen-bond acceptors (Lipinski definition) is 3. The lowest BCUT2D eigenvalue weighted by molar-refractivity contribution is -0.142. The van der Waals surface area contributed by atoms with Gasteiger partial charge >= 0.3 is 11.9 Å². The molecule has 0 aliphatic rings. The Balaban J connectivity index is 2.48. The number of rotatable bonds is 4. The molecule has 0 saturated heterocycles. The van der Waals surface area contributed by atoms with Gasteiger partial charge in [0.15, 0.2) is 0 Å². The first-order valence-electron chi connectivity index (χ1n) is 4.26. The zero-order valence-corrected chi connectivity index (χ0v) is 9.36. The minimum absolute atomic E-state index is 0.123. The van der Waals surface area contributed by atoms with Crippen molar-refractivity contribution in [1.82, 2.24) is 0 Å². The third-order valence-electron chi connectivity index (χ3n) is 1.57. The topological polar surface area (TPSA) is 63.6 Å². The zero-order chi connectivity index (χ0) is 11.3. The number of halogens is 1. The fourth-order valence-corrected chi connectivity index (χ4v) is 1.30. The van der Waals surface area contributed by atoms with E-state index in [-0.39, 0.29) is 12.8 Å². The zero-order valence-electron chi connectivity index (χ0n) is 7.77. The highest BCUT2D eigenvalue weighted by Gasteiger charge is 2.07. The van der Waals surface area contributed by atoms with E-state index in [9.17, 15) is 9.59 Å². The summed E-state index contributed by atoms with van der Waals surface area (Å²) in [4.78, 5) is 21.3. The van der Waals surface area contributed by atoms with E-state index in [2.05, 4.69) is 15.9 Å². The van der Waals surface area contributed by atoms with Crippen LogP contribution in [0.25, 0.3) is 0 Å². The second-order valence-electron chi connectivity index (χ2n) is 2.83. The third-order valence-corrected chi connectivity index (χ3v) is 2.06. The summed E-state index contributed by atoms with van der Waals surface area (Å²) in [5.74, 6) is -1.16. The maximum Gasteiger partial charge on any atom is 0.311 e. The summed E-state index contributed by atoms with van der Waals surface area (Å²) in [6.45, 7) is 0. The first-order chi connectivity index (χ1) is 7.08. The highest BCUT2D eigenvalue weighted by Crippen LogP contribution is 2.18. The smallest absolute Gasteiger partial charge is 0.311 e. The van der Waals surface area contributed by atoms with Crippen LogP contribution in [0, 0.1) is 0 Å². The quantitative estimate of drug-likeness (QED) is 0.674. The predicted octanol–water partition coefficient (Wildman–Crippen LogP) is 2.22. The summed E-state index contributed by atoms with van der Waals surface area (Å²) in [7, 11) is 0. The average molecular weight is 273 g/mol. The Bertz CT molecular complexity index is 375. The first-order valence-corrected chi connectivity index (χ1v) is 5.05. The normalized spacial score (nSPS) is 9.67. The molecule has 0 amide bonds. The summed E-state index contributed by atoms with van der Waals surface area (Å²) >= 11 is 3.23. The molecule has 0 saturated carbocycles. The molecule has 15 heavy (non-hydrogen) atoms. The number of carbonyl (C=O) groups excluding carboxylic acids is 1. The Morgan fingerprint density at radius 1 is 1.33 bits per heavy atom. The minimum atomic E-state index is -1.01. The molecule has 0 heterocycles. The van der Waals surface area contributed by atoms with Gasteiger partial charge in [-0.1, -0.05) is 22.0 Å². The van der Waals surface area contributed by atoms with Crippen LogP contribution in [0.15, 0.2) is 28.7 Å². The Hall–Kier alpha value is -1.36. The molecule has 0 spiro atoms. The predicted molar refractivity (Wildman–Crippen MR) is 56.6 cm³/mol. The number of carbonyl (C=O) groups is 2. The summed E-state index contributed by atoms with van der Waals surface area (Å²) < 4.78 is 5.71. The molecule has 1 rings (SSSR count). The molecule has 5 heteroatoms. The lowest BCUT2D eigenvalue weighted by Gasteiger charge is -2.02. The van der Waals surface area contributed by atoms with E-state index in [0.717, 1.165) is 4.47 Å². The average Bonchev–Trinajstić information content (AvgIpc) is 2.15. The fraction of sp³-hybridized carbons (Fsp3) is 0.200. The summed E-state index contributed by atoms with van der Waals surface area (Å²) in [6, 6.07) is 6.79.